The zero-order valence-corrected chi connectivity index (χ0v) is 25.5. The Morgan fingerprint density at radius 2 is 1.86 bits per heavy atom. The van der Waals surface area contributed by atoms with Crippen LogP contribution >= 0.6 is 0 Å². The lowest BCUT2D eigenvalue weighted by Gasteiger charge is -2.61. The molecule has 240 valence electrons. The smallest absolute Gasteiger partial charge is 0.307 e. The summed E-state index contributed by atoms with van der Waals surface area (Å²) in [5.41, 5.74) is 0.0689. The monoisotopic (exact) mass is 604 g/mol. The van der Waals surface area contributed by atoms with Gasteiger partial charge in [0, 0.05) is 31.8 Å². The number of esters is 1. The molecule has 1 amide bonds. The molecule has 3 heterocycles. The van der Waals surface area contributed by atoms with Crippen LogP contribution in [0.3, 0.4) is 0 Å². The summed E-state index contributed by atoms with van der Waals surface area (Å²) < 4.78 is 33.3. The van der Waals surface area contributed by atoms with Gasteiger partial charge in [-0.05, 0) is 57.5 Å². The Hall–Kier alpha value is -2.08. The average molecular weight is 605 g/mol. The predicted molar refractivity (Wildman–Crippen MR) is 157 cm³/mol. The van der Waals surface area contributed by atoms with E-state index in [2.05, 4.69) is 20.4 Å². The van der Waals surface area contributed by atoms with E-state index in [1.54, 1.807) is 13.1 Å². The fourth-order valence-corrected chi connectivity index (χ4v) is 8.70. The maximum absolute atomic E-state index is 16.0. The number of alkyl halides is 1. The van der Waals surface area contributed by atoms with Crippen LogP contribution < -0.4 is 10.6 Å². The molecule has 11 heteroatoms. The number of carbonyl (C=O) groups excluding carboxylic acids is 3. The Morgan fingerprint density at radius 1 is 1.09 bits per heavy atom. The van der Waals surface area contributed by atoms with Crippen molar-refractivity contribution >= 4 is 17.7 Å². The molecule has 6 aliphatic rings. The third-order valence-corrected chi connectivity index (χ3v) is 10.8. The molecule has 2 N–H and O–H groups in total. The van der Waals surface area contributed by atoms with Gasteiger partial charge in [0.25, 0.3) is 5.91 Å². The van der Waals surface area contributed by atoms with Crippen LogP contribution in [0.1, 0.15) is 64.7 Å². The van der Waals surface area contributed by atoms with Crippen molar-refractivity contribution in [1.82, 2.24) is 20.4 Å². The number of hydrogen-bond donors (Lipinski definition) is 2. The molecule has 6 rings (SSSR count). The fourth-order valence-electron chi connectivity index (χ4n) is 8.70. The van der Waals surface area contributed by atoms with Crippen molar-refractivity contribution in [2.24, 2.45) is 17.8 Å². The van der Waals surface area contributed by atoms with Gasteiger partial charge in [0.1, 0.15) is 6.17 Å². The standard InChI is InChI=1S/C32H49FN4O6/c1-2-42-27(38)8-10-35-32(40)23-19-37-25-16-20-6-3-4-7-21(20)17-26(25)43-31-28(24(33)18-22(29(31)37)30(23)39)34-9-5-11-36-12-14-41-15-13-36/h19-22,24-26,28-29,31,34H,2-18H2,1H3,(H,35,40). The maximum atomic E-state index is 16.0. The summed E-state index contributed by atoms with van der Waals surface area (Å²) in [5.74, 6) is -0.626. The Kier molecular flexibility index (Phi) is 10.0. The molecule has 3 aliphatic carbocycles. The lowest BCUT2D eigenvalue weighted by Crippen LogP contribution is -2.73. The molecule has 9 atom stereocenters. The number of rotatable bonds is 10. The average Bonchev–Trinajstić information content (AvgIpc) is 3.01. The quantitative estimate of drug-likeness (QED) is 0.220. The van der Waals surface area contributed by atoms with Crippen LogP contribution in [0.2, 0.25) is 0 Å². The van der Waals surface area contributed by atoms with Crippen molar-refractivity contribution in [2.75, 3.05) is 52.5 Å². The number of fused-ring (bicyclic) bond motifs is 3. The van der Waals surface area contributed by atoms with Gasteiger partial charge in [0.05, 0.1) is 62.1 Å². The third-order valence-electron chi connectivity index (χ3n) is 10.8. The van der Waals surface area contributed by atoms with E-state index in [0.717, 1.165) is 52.1 Å². The summed E-state index contributed by atoms with van der Waals surface area (Å²) in [6.07, 6.45) is 7.83. The summed E-state index contributed by atoms with van der Waals surface area (Å²) in [7, 11) is 0. The SMILES string of the molecule is CCOC(=O)CCNC(=O)C1=CN2C3CC4CCCCC4CC3OC3C(NCCCN4CCOCC4)C(F)CC(C1=O)C32. The number of halogens is 1. The molecular weight excluding hydrogens is 555 g/mol. The van der Waals surface area contributed by atoms with Gasteiger partial charge in [0.2, 0.25) is 0 Å². The van der Waals surface area contributed by atoms with Gasteiger partial charge >= 0.3 is 5.97 Å². The molecule has 0 spiro atoms. The first kappa shape index (κ1) is 30.9. The first-order chi connectivity index (χ1) is 20.9. The molecule has 2 saturated heterocycles. The molecular formula is C32H49FN4O6. The van der Waals surface area contributed by atoms with E-state index in [-0.39, 0.29) is 55.5 Å². The Bertz CT molecular complexity index is 1050. The van der Waals surface area contributed by atoms with Gasteiger partial charge in [-0.25, -0.2) is 4.39 Å². The molecule has 0 bridgehead atoms. The molecule has 5 fully saturated rings. The summed E-state index contributed by atoms with van der Waals surface area (Å²) >= 11 is 0. The van der Waals surface area contributed by atoms with Gasteiger partial charge in [-0.1, -0.05) is 25.7 Å². The number of amides is 1. The van der Waals surface area contributed by atoms with Gasteiger partial charge < -0.3 is 29.7 Å². The molecule has 0 aromatic heterocycles. The highest BCUT2D eigenvalue weighted by atomic mass is 19.1. The van der Waals surface area contributed by atoms with Gasteiger partial charge in [0.15, 0.2) is 5.78 Å². The second-order valence-corrected chi connectivity index (χ2v) is 13.3. The van der Waals surface area contributed by atoms with E-state index < -0.39 is 36.1 Å². The van der Waals surface area contributed by atoms with Crippen molar-refractivity contribution in [2.45, 2.75) is 101 Å². The first-order valence-electron chi connectivity index (χ1n) is 16.7. The van der Waals surface area contributed by atoms with E-state index in [1.807, 2.05) is 0 Å². The van der Waals surface area contributed by atoms with Crippen LogP contribution in [0.25, 0.3) is 0 Å². The van der Waals surface area contributed by atoms with Crippen molar-refractivity contribution in [1.29, 1.82) is 0 Å². The van der Waals surface area contributed by atoms with E-state index in [4.69, 9.17) is 14.2 Å². The zero-order chi connectivity index (χ0) is 29.9. The van der Waals surface area contributed by atoms with Crippen molar-refractivity contribution in [3.8, 4) is 0 Å². The number of ether oxygens (including phenoxy) is 3. The van der Waals surface area contributed by atoms with E-state index >= 15 is 4.39 Å². The molecule has 0 aromatic carbocycles. The van der Waals surface area contributed by atoms with Crippen LogP contribution in [-0.4, -0.2) is 117 Å². The zero-order valence-electron chi connectivity index (χ0n) is 25.5. The van der Waals surface area contributed by atoms with Crippen LogP contribution in [0.5, 0.6) is 0 Å². The highest BCUT2D eigenvalue weighted by Gasteiger charge is 2.59. The highest BCUT2D eigenvalue weighted by Crippen LogP contribution is 2.50. The lowest BCUT2D eigenvalue weighted by molar-refractivity contribution is -0.208. The van der Waals surface area contributed by atoms with E-state index in [9.17, 15) is 14.4 Å². The third kappa shape index (κ3) is 6.65. The summed E-state index contributed by atoms with van der Waals surface area (Å²) in [6, 6.07) is -0.731. The topological polar surface area (TPSA) is 109 Å². The van der Waals surface area contributed by atoms with E-state index in [0.29, 0.717) is 18.4 Å². The number of carbonyl (C=O) groups is 3. The van der Waals surface area contributed by atoms with Crippen molar-refractivity contribution in [3.63, 3.8) is 0 Å². The minimum absolute atomic E-state index is 0.0337. The fraction of sp³-hybridized carbons (Fsp3) is 0.844. The van der Waals surface area contributed by atoms with Crippen LogP contribution in [0, 0.1) is 17.8 Å². The van der Waals surface area contributed by atoms with Crippen LogP contribution in [-0.2, 0) is 28.6 Å². The van der Waals surface area contributed by atoms with Gasteiger partial charge in [-0.3, -0.25) is 19.3 Å². The van der Waals surface area contributed by atoms with Crippen molar-refractivity contribution < 1.29 is 33.0 Å². The predicted octanol–water partition coefficient (Wildman–Crippen LogP) is 1.97. The Balaban J connectivity index is 1.20. The number of nitrogens with zero attached hydrogens (tertiary/aromatic N) is 2. The minimum Gasteiger partial charge on any atom is -0.466 e. The molecule has 43 heavy (non-hydrogen) atoms. The number of hydrogen-bond acceptors (Lipinski definition) is 9. The maximum Gasteiger partial charge on any atom is 0.307 e. The van der Waals surface area contributed by atoms with Crippen LogP contribution in [0.4, 0.5) is 4.39 Å². The number of nitrogens with one attached hydrogen (secondary N) is 2. The Morgan fingerprint density at radius 3 is 2.63 bits per heavy atom. The second kappa shape index (κ2) is 13.9. The summed E-state index contributed by atoms with van der Waals surface area (Å²) in [6.45, 7) is 7.08. The van der Waals surface area contributed by atoms with Crippen molar-refractivity contribution in [3.05, 3.63) is 11.8 Å². The molecule has 0 aromatic rings. The molecule has 9 unspecified atom stereocenters. The number of ketones is 1. The highest BCUT2D eigenvalue weighted by molar-refractivity contribution is 6.20. The normalized spacial score (nSPS) is 37.4. The molecule has 0 radical (unpaired) electrons. The minimum atomic E-state index is -1.26. The number of Topliss-reactive ketones (excluding diaryl/α,β-unsaturated/α-hetero) is 1. The lowest BCUT2D eigenvalue weighted by atomic mass is 9.65. The Labute approximate surface area is 254 Å². The van der Waals surface area contributed by atoms with Gasteiger partial charge in [-0.15, -0.1) is 0 Å². The number of morpholine rings is 2. The summed E-state index contributed by atoms with van der Waals surface area (Å²) in [5, 5.41) is 6.24. The van der Waals surface area contributed by atoms with Gasteiger partial charge in [-0.2, -0.15) is 0 Å². The second-order valence-electron chi connectivity index (χ2n) is 13.3. The summed E-state index contributed by atoms with van der Waals surface area (Å²) in [4.78, 5) is 43.5. The first-order valence-corrected chi connectivity index (χ1v) is 16.7. The molecule has 3 saturated carbocycles. The largest absolute Gasteiger partial charge is 0.466 e. The molecule has 10 nitrogen and oxygen atoms in total. The molecule has 3 aliphatic heterocycles. The van der Waals surface area contributed by atoms with Crippen LogP contribution in [0.15, 0.2) is 11.8 Å². The van der Waals surface area contributed by atoms with E-state index in [1.165, 1.54) is 25.7 Å².